The molecule has 0 aliphatic carbocycles. The molecule has 1 aromatic carbocycles. The van der Waals surface area contributed by atoms with Gasteiger partial charge in [0.05, 0.1) is 23.7 Å². The summed E-state index contributed by atoms with van der Waals surface area (Å²) in [6, 6.07) is 9.66. The molecular formula is C20H25N3O4. The standard InChI is InChI=1S/C20H25N3O4/c1-14-18(13-22-23(14)17-7-9-27-10-8-17)19(24)21-12-16(20(25)26)11-15-5-3-2-4-6-15/h2-6,13,16-17H,7-12H2,1H3,(H,21,24)(H,25,26). The van der Waals surface area contributed by atoms with E-state index >= 15 is 0 Å². The highest BCUT2D eigenvalue weighted by atomic mass is 16.5. The van der Waals surface area contributed by atoms with Crippen molar-refractivity contribution in [1.82, 2.24) is 15.1 Å². The van der Waals surface area contributed by atoms with E-state index in [0.717, 1.165) is 24.1 Å². The van der Waals surface area contributed by atoms with Gasteiger partial charge in [0.1, 0.15) is 0 Å². The van der Waals surface area contributed by atoms with Crippen LogP contribution in [0.4, 0.5) is 0 Å². The van der Waals surface area contributed by atoms with Gasteiger partial charge in [-0.1, -0.05) is 30.3 Å². The number of ether oxygens (including phenoxy) is 1. The molecule has 1 aliphatic heterocycles. The second-order valence-electron chi connectivity index (χ2n) is 6.87. The van der Waals surface area contributed by atoms with Gasteiger partial charge in [-0.3, -0.25) is 14.3 Å². The molecule has 144 valence electrons. The Morgan fingerprint density at radius 2 is 2.00 bits per heavy atom. The van der Waals surface area contributed by atoms with Crippen LogP contribution in [-0.4, -0.2) is 46.5 Å². The van der Waals surface area contributed by atoms with Crippen molar-refractivity contribution in [3.8, 4) is 0 Å². The molecule has 7 nitrogen and oxygen atoms in total. The van der Waals surface area contributed by atoms with Gasteiger partial charge in [-0.2, -0.15) is 5.10 Å². The zero-order chi connectivity index (χ0) is 19.2. The first kappa shape index (κ1) is 19.1. The molecule has 3 rings (SSSR count). The summed E-state index contributed by atoms with van der Waals surface area (Å²) in [5.74, 6) is -1.89. The number of amides is 1. The minimum Gasteiger partial charge on any atom is -0.481 e. The minimum atomic E-state index is -0.922. The minimum absolute atomic E-state index is 0.0744. The van der Waals surface area contributed by atoms with Gasteiger partial charge in [0.15, 0.2) is 0 Å². The lowest BCUT2D eigenvalue weighted by atomic mass is 9.99. The summed E-state index contributed by atoms with van der Waals surface area (Å²) >= 11 is 0. The van der Waals surface area contributed by atoms with Crippen LogP contribution in [-0.2, 0) is 16.0 Å². The molecule has 0 spiro atoms. The Hall–Kier alpha value is -2.67. The van der Waals surface area contributed by atoms with Gasteiger partial charge in [-0.15, -0.1) is 0 Å². The molecule has 1 saturated heterocycles. The quantitative estimate of drug-likeness (QED) is 0.778. The van der Waals surface area contributed by atoms with Crippen LogP contribution < -0.4 is 5.32 Å². The van der Waals surface area contributed by atoms with Crippen LogP contribution in [0.1, 0.15) is 40.5 Å². The van der Waals surface area contributed by atoms with Gasteiger partial charge in [-0.25, -0.2) is 0 Å². The van der Waals surface area contributed by atoms with Crippen LogP contribution in [0.5, 0.6) is 0 Å². The molecule has 1 fully saturated rings. The fourth-order valence-electron chi connectivity index (χ4n) is 3.40. The molecule has 2 aromatic rings. The number of hydrogen-bond acceptors (Lipinski definition) is 4. The Morgan fingerprint density at radius 3 is 2.67 bits per heavy atom. The van der Waals surface area contributed by atoms with Crippen molar-refractivity contribution < 1.29 is 19.4 Å². The lowest BCUT2D eigenvalue weighted by Gasteiger charge is -2.23. The van der Waals surface area contributed by atoms with Gasteiger partial charge in [-0.05, 0) is 31.7 Å². The molecule has 2 heterocycles. The van der Waals surface area contributed by atoms with Gasteiger partial charge in [0.2, 0.25) is 0 Å². The molecule has 1 aliphatic rings. The maximum atomic E-state index is 12.6. The van der Waals surface area contributed by atoms with E-state index in [0.29, 0.717) is 25.2 Å². The fraction of sp³-hybridized carbons (Fsp3) is 0.450. The van der Waals surface area contributed by atoms with Crippen molar-refractivity contribution >= 4 is 11.9 Å². The zero-order valence-electron chi connectivity index (χ0n) is 15.4. The molecule has 1 aromatic heterocycles. The van der Waals surface area contributed by atoms with Crippen LogP contribution >= 0.6 is 0 Å². The van der Waals surface area contributed by atoms with Crippen LogP contribution in [0.15, 0.2) is 36.5 Å². The predicted molar refractivity (Wildman–Crippen MR) is 99.7 cm³/mol. The van der Waals surface area contributed by atoms with Crippen molar-refractivity contribution in [3.63, 3.8) is 0 Å². The lowest BCUT2D eigenvalue weighted by molar-refractivity contribution is -0.141. The third-order valence-electron chi connectivity index (χ3n) is 5.01. The highest BCUT2D eigenvalue weighted by molar-refractivity contribution is 5.95. The molecule has 0 saturated carbocycles. The second kappa shape index (κ2) is 8.81. The lowest BCUT2D eigenvalue weighted by Crippen LogP contribution is -2.34. The van der Waals surface area contributed by atoms with Crippen LogP contribution in [0, 0.1) is 12.8 Å². The van der Waals surface area contributed by atoms with E-state index in [1.54, 1.807) is 6.20 Å². The molecule has 0 bridgehead atoms. The highest BCUT2D eigenvalue weighted by Crippen LogP contribution is 2.23. The van der Waals surface area contributed by atoms with Gasteiger partial charge in [0.25, 0.3) is 5.91 Å². The van der Waals surface area contributed by atoms with E-state index < -0.39 is 11.9 Å². The van der Waals surface area contributed by atoms with Gasteiger partial charge < -0.3 is 15.2 Å². The average molecular weight is 371 g/mol. The molecular weight excluding hydrogens is 346 g/mol. The Morgan fingerprint density at radius 1 is 1.30 bits per heavy atom. The first-order valence-electron chi connectivity index (χ1n) is 9.23. The molecule has 2 N–H and O–H groups in total. The molecule has 1 unspecified atom stereocenters. The van der Waals surface area contributed by atoms with Gasteiger partial charge >= 0.3 is 5.97 Å². The largest absolute Gasteiger partial charge is 0.481 e. The summed E-state index contributed by atoms with van der Waals surface area (Å²) in [5.41, 5.74) is 2.22. The van der Waals surface area contributed by atoms with Crippen LogP contribution in [0.25, 0.3) is 0 Å². The third-order valence-corrected chi connectivity index (χ3v) is 5.01. The summed E-state index contributed by atoms with van der Waals surface area (Å²) in [6.07, 6.45) is 3.69. The smallest absolute Gasteiger partial charge is 0.308 e. The Labute approximate surface area is 158 Å². The third kappa shape index (κ3) is 4.74. The van der Waals surface area contributed by atoms with Gasteiger partial charge in [0, 0.05) is 25.5 Å². The van der Waals surface area contributed by atoms with E-state index in [1.165, 1.54) is 0 Å². The van der Waals surface area contributed by atoms with E-state index in [4.69, 9.17) is 4.74 Å². The van der Waals surface area contributed by atoms with Crippen molar-refractivity contribution in [3.05, 3.63) is 53.3 Å². The topological polar surface area (TPSA) is 93.5 Å². The number of aromatic nitrogens is 2. The highest BCUT2D eigenvalue weighted by Gasteiger charge is 2.23. The monoisotopic (exact) mass is 371 g/mol. The number of aliphatic carboxylic acids is 1. The number of carboxylic acid groups (broad SMARTS) is 1. The molecule has 7 heteroatoms. The summed E-state index contributed by atoms with van der Waals surface area (Å²) in [5, 5.41) is 16.6. The first-order valence-corrected chi connectivity index (χ1v) is 9.23. The number of hydrogen-bond donors (Lipinski definition) is 2. The van der Waals surface area contributed by atoms with Crippen LogP contribution in [0.3, 0.4) is 0 Å². The second-order valence-corrected chi connectivity index (χ2v) is 6.87. The zero-order valence-corrected chi connectivity index (χ0v) is 15.4. The van der Waals surface area contributed by atoms with E-state index in [-0.39, 0.29) is 18.5 Å². The summed E-state index contributed by atoms with van der Waals surface area (Å²) in [4.78, 5) is 24.1. The number of nitrogens with one attached hydrogen (secondary N) is 1. The van der Waals surface area contributed by atoms with Crippen molar-refractivity contribution in [2.45, 2.75) is 32.2 Å². The molecule has 27 heavy (non-hydrogen) atoms. The number of carbonyl (C=O) groups is 2. The molecule has 1 amide bonds. The van der Waals surface area contributed by atoms with E-state index in [2.05, 4.69) is 10.4 Å². The summed E-state index contributed by atoms with van der Waals surface area (Å²) < 4.78 is 7.26. The van der Waals surface area contributed by atoms with Crippen molar-refractivity contribution in [1.29, 1.82) is 0 Å². The molecule has 0 radical (unpaired) electrons. The van der Waals surface area contributed by atoms with Crippen LogP contribution in [0.2, 0.25) is 0 Å². The maximum absolute atomic E-state index is 12.6. The van der Waals surface area contributed by atoms with E-state index in [1.807, 2.05) is 41.9 Å². The normalized spacial score (nSPS) is 16.0. The predicted octanol–water partition coefficient (Wildman–Crippen LogP) is 2.22. The summed E-state index contributed by atoms with van der Waals surface area (Å²) in [7, 11) is 0. The Kier molecular flexibility index (Phi) is 6.24. The number of nitrogens with zero attached hydrogens (tertiary/aromatic N) is 2. The van der Waals surface area contributed by atoms with Crippen molar-refractivity contribution in [2.75, 3.05) is 19.8 Å². The number of carbonyl (C=O) groups excluding carboxylic acids is 1. The molecule has 1 atom stereocenters. The number of benzene rings is 1. The first-order chi connectivity index (χ1) is 13.1. The van der Waals surface area contributed by atoms with E-state index in [9.17, 15) is 14.7 Å². The fourth-order valence-corrected chi connectivity index (χ4v) is 3.40. The maximum Gasteiger partial charge on any atom is 0.308 e. The Bertz CT molecular complexity index is 782. The van der Waals surface area contributed by atoms with Crippen molar-refractivity contribution in [2.24, 2.45) is 5.92 Å². The summed E-state index contributed by atoms with van der Waals surface area (Å²) in [6.45, 7) is 3.34. The SMILES string of the molecule is Cc1c(C(=O)NCC(Cc2ccccc2)C(=O)O)cnn1C1CCOCC1. The number of carboxylic acids is 1. The Balaban J connectivity index is 1.62. The number of rotatable bonds is 7. The average Bonchev–Trinajstić information content (AvgIpc) is 3.07.